The number of aryl methyl sites for hydroxylation is 1. The lowest BCUT2D eigenvalue weighted by molar-refractivity contribution is -0.137. The fraction of sp³-hybridized carbons (Fsp3) is 0.333. The molecule has 4 rings (SSSR count). The van der Waals surface area contributed by atoms with Crippen LogP contribution in [0.4, 0.5) is 18.9 Å². The number of aromatic amines is 1. The van der Waals surface area contributed by atoms with Gasteiger partial charge in [0.15, 0.2) is 0 Å². The average Bonchev–Trinajstić information content (AvgIpc) is 3.13. The Kier molecular flexibility index (Phi) is 5.71. The van der Waals surface area contributed by atoms with Crippen molar-refractivity contribution >= 4 is 28.4 Å². The van der Waals surface area contributed by atoms with Gasteiger partial charge in [0.1, 0.15) is 0 Å². The summed E-state index contributed by atoms with van der Waals surface area (Å²) in [6.45, 7) is 4.53. The lowest BCUT2D eigenvalue weighted by atomic mass is 10.00. The number of carbonyl (C=O) groups excluding carboxylic acids is 2. The molecule has 2 aromatic carbocycles. The van der Waals surface area contributed by atoms with Crippen LogP contribution in [0.15, 0.2) is 48.5 Å². The van der Waals surface area contributed by atoms with Crippen molar-refractivity contribution in [3.05, 3.63) is 65.4 Å². The van der Waals surface area contributed by atoms with Crippen LogP contribution in [0.25, 0.3) is 10.9 Å². The van der Waals surface area contributed by atoms with Gasteiger partial charge >= 0.3 is 6.18 Å². The van der Waals surface area contributed by atoms with Crippen molar-refractivity contribution < 1.29 is 22.8 Å². The molecule has 168 valence electrons. The number of anilines is 1. The highest BCUT2D eigenvalue weighted by Gasteiger charge is 2.33. The number of aromatic nitrogens is 1. The molecule has 32 heavy (non-hydrogen) atoms. The summed E-state index contributed by atoms with van der Waals surface area (Å²) in [7, 11) is 0. The second-order valence-electron chi connectivity index (χ2n) is 8.21. The number of rotatable bonds is 3. The van der Waals surface area contributed by atoms with Gasteiger partial charge in [0.2, 0.25) is 5.91 Å². The summed E-state index contributed by atoms with van der Waals surface area (Å²) in [4.78, 5) is 31.9. The number of alkyl halides is 3. The number of nitrogens with zero attached hydrogens (tertiary/aromatic N) is 2. The molecule has 5 nitrogen and oxygen atoms in total. The predicted molar refractivity (Wildman–Crippen MR) is 117 cm³/mol. The van der Waals surface area contributed by atoms with E-state index in [0.717, 1.165) is 28.7 Å². The molecule has 2 amide bonds. The molecule has 0 radical (unpaired) electrons. The van der Waals surface area contributed by atoms with Crippen LogP contribution in [0.3, 0.4) is 0 Å². The highest BCUT2D eigenvalue weighted by molar-refractivity contribution is 6.07. The second-order valence-corrected chi connectivity index (χ2v) is 8.21. The summed E-state index contributed by atoms with van der Waals surface area (Å²) < 4.78 is 38.9. The van der Waals surface area contributed by atoms with Gasteiger partial charge in [-0.3, -0.25) is 9.59 Å². The molecule has 0 unspecified atom stereocenters. The maximum Gasteiger partial charge on any atom is 0.416 e. The van der Waals surface area contributed by atoms with Crippen LogP contribution in [0.1, 0.15) is 41.4 Å². The fourth-order valence-corrected chi connectivity index (χ4v) is 4.29. The first kappa shape index (κ1) is 21.9. The topological polar surface area (TPSA) is 56.4 Å². The van der Waals surface area contributed by atoms with Crippen molar-refractivity contribution in [1.82, 2.24) is 9.88 Å². The Morgan fingerprint density at radius 1 is 1.03 bits per heavy atom. The molecule has 2 heterocycles. The lowest BCUT2D eigenvalue weighted by Crippen LogP contribution is -2.48. The molecule has 8 heteroatoms. The van der Waals surface area contributed by atoms with E-state index in [1.165, 1.54) is 19.1 Å². The van der Waals surface area contributed by atoms with E-state index in [9.17, 15) is 22.8 Å². The minimum Gasteiger partial charge on any atom is -0.359 e. The molecular formula is C24H24F3N3O2. The number of H-pyrrole nitrogens is 1. The first-order chi connectivity index (χ1) is 15.1. The van der Waals surface area contributed by atoms with E-state index >= 15 is 0 Å². The average molecular weight is 443 g/mol. The number of piperidine rings is 1. The summed E-state index contributed by atoms with van der Waals surface area (Å²) in [6.07, 6.45) is -3.27. The Hall–Kier alpha value is -3.29. The minimum absolute atomic E-state index is 0.00622. The molecule has 0 saturated carbocycles. The zero-order valence-electron chi connectivity index (χ0n) is 17.9. The van der Waals surface area contributed by atoms with Gasteiger partial charge in [-0.1, -0.05) is 0 Å². The largest absolute Gasteiger partial charge is 0.416 e. The summed E-state index contributed by atoms with van der Waals surface area (Å²) in [6, 6.07) is 11.8. The zero-order valence-corrected chi connectivity index (χ0v) is 17.9. The number of fused-ring (bicyclic) bond motifs is 1. The highest BCUT2D eigenvalue weighted by Crippen LogP contribution is 2.32. The molecule has 1 aliphatic rings. The lowest BCUT2D eigenvalue weighted by Gasteiger charge is -2.38. The summed E-state index contributed by atoms with van der Waals surface area (Å²) in [5.41, 5.74) is 2.02. The van der Waals surface area contributed by atoms with E-state index in [4.69, 9.17) is 0 Å². The number of hydrogen-bond acceptors (Lipinski definition) is 2. The van der Waals surface area contributed by atoms with Gasteiger partial charge in [0, 0.05) is 53.9 Å². The molecule has 1 aromatic heterocycles. The number of likely N-dealkylation sites (tertiary alicyclic amines) is 1. The van der Waals surface area contributed by atoms with Gasteiger partial charge in [0.25, 0.3) is 5.91 Å². The number of nitrogens with one attached hydrogen (secondary N) is 1. The van der Waals surface area contributed by atoms with Crippen LogP contribution < -0.4 is 4.90 Å². The quantitative estimate of drug-likeness (QED) is 0.609. The number of hydrogen-bond donors (Lipinski definition) is 1. The van der Waals surface area contributed by atoms with Gasteiger partial charge in [-0.2, -0.15) is 13.2 Å². The van der Waals surface area contributed by atoms with Crippen LogP contribution in [0.5, 0.6) is 0 Å². The monoisotopic (exact) mass is 443 g/mol. The molecule has 0 atom stereocenters. The van der Waals surface area contributed by atoms with E-state index in [0.29, 0.717) is 31.6 Å². The van der Waals surface area contributed by atoms with Gasteiger partial charge in [-0.05, 0) is 68.3 Å². The van der Waals surface area contributed by atoms with Crippen molar-refractivity contribution in [3.63, 3.8) is 0 Å². The molecule has 0 aliphatic carbocycles. The van der Waals surface area contributed by atoms with E-state index in [2.05, 4.69) is 4.98 Å². The fourth-order valence-electron chi connectivity index (χ4n) is 4.29. The van der Waals surface area contributed by atoms with Gasteiger partial charge in [-0.15, -0.1) is 0 Å². The Morgan fingerprint density at radius 3 is 2.28 bits per heavy atom. The number of carbonyl (C=O) groups is 2. The summed E-state index contributed by atoms with van der Waals surface area (Å²) in [5, 5.41) is 0.950. The highest BCUT2D eigenvalue weighted by atomic mass is 19.4. The Balaban J connectivity index is 1.69. The smallest absolute Gasteiger partial charge is 0.359 e. The van der Waals surface area contributed by atoms with Crippen LogP contribution in [-0.4, -0.2) is 40.8 Å². The van der Waals surface area contributed by atoms with Gasteiger partial charge in [-0.25, -0.2) is 0 Å². The molecule has 0 bridgehead atoms. The third kappa shape index (κ3) is 4.35. The second kappa shape index (κ2) is 8.33. The maximum absolute atomic E-state index is 13.5. The molecule has 1 aliphatic heterocycles. The number of benzene rings is 2. The predicted octanol–water partition coefficient (Wildman–Crippen LogP) is 5.15. The Bertz CT molecular complexity index is 1140. The van der Waals surface area contributed by atoms with Gasteiger partial charge < -0.3 is 14.8 Å². The van der Waals surface area contributed by atoms with Crippen LogP contribution in [0, 0.1) is 6.92 Å². The summed E-state index contributed by atoms with van der Waals surface area (Å²) >= 11 is 0. The van der Waals surface area contributed by atoms with Gasteiger partial charge in [0.05, 0.1) is 5.56 Å². The molecule has 0 spiro atoms. The van der Waals surface area contributed by atoms with E-state index in [1.54, 1.807) is 9.80 Å². The van der Waals surface area contributed by atoms with E-state index in [1.807, 2.05) is 31.2 Å². The van der Waals surface area contributed by atoms with Crippen LogP contribution in [0.2, 0.25) is 0 Å². The SMILES string of the molecule is CC(=O)N1CCC(N(C(=O)c2ccc(C(F)(F)F)cc2)c2ccc3[nH]c(C)cc3c2)CC1. The molecule has 3 aromatic rings. The first-order valence-electron chi connectivity index (χ1n) is 10.5. The van der Waals surface area contributed by atoms with E-state index < -0.39 is 11.7 Å². The van der Waals surface area contributed by atoms with Crippen molar-refractivity contribution in [1.29, 1.82) is 0 Å². The standard InChI is InChI=1S/C24H24F3N3O2/c1-15-13-18-14-21(7-8-22(18)28-15)30(20-9-11-29(12-10-20)16(2)31)23(32)17-3-5-19(6-4-17)24(25,26)27/h3-8,13-14,20,28H,9-12H2,1-2H3. The Labute approximate surface area is 183 Å². The summed E-state index contributed by atoms with van der Waals surface area (Å²) in [5.74, 6) is -0.361. The molecular weight excluding hydrogens is 419 g/mol. The molecule has 1 saturated heterocycles. The zero-order chi connectivity index (χ0) is 23.0. The van der Waals surface area contributed by atoms with E-state index in [-0.39, 0.29) is 23.4 Å². The van der Waals surface area contributed by atoms with Crippen molar-refractivity contribution in [3.8, 4) is 0 Å². The third-order valence-corrected chi connectivity index (χ3v) is 5.97. The minimum atomic E-state index is -4.46. The van der Waals surface area contributed by atoms with Crippen molar-refractivity contribution in [2.45, 2.75) is 38.9 Å². The molecule has 1 fully saturated rings. The van der Waals surface area contributed by atoms with Crippen LogP contribution in [-0.2, 0) is 11.0 Å². The van der Waals surface area contributed by atoms with Crippen molar-refractivity contribution in [2.75, 3.05) is 18.0 Å². The third-order valence-electron chi connectivity index (χ3n) is 5.97. The first-order valence-corrected chi connectivity index (χ1v) is 10.5. The molecule has 1 N–H and O–H groups in total. The number of amides is 2. The Morgan fingerprint density at radius 2 is 1.69 bits per heavy atom. The normalized spacial score (nSPS) is 15.2. The number of halogens is 3. The maximum atomic E-state index is 13.5. The van der Waals surface area contributed by atoms with Crippen LogP contribution >= 0.6 is 0 Å². The van der Waals surface area contributed by atoms with Crippen molar-refractivity contribution in [2.24, 2.45) is 0 Å².